The number of fused-ring (bicyclic) bond motifs is 1. The van der Waals surface area contributed by atoms with Crippen LogP contribution in [0.1, 0.15) is 19.3 Å². The minimum Gasteiger partial charge on any atom is -0.444 e. The summed E-state index contributed by atoms with van der Waals surface area (Å²) in [6.07, 6.45) is 3.29. The molecule has 0 bridgehead atoms. The Balaban J connectivity index is 2.09. The van der Waals surface area contributed by atoms with E-state index in [4.69, 9.17) is 4.74 Å². The van der Waals surface area contributed by atoms with Crippen LogP contribution in [0, 0.1) is 0 Å². The molecule has 1 aliphatic carbocycles. The highest BCUT2D eigenvalue weighted by Crippen LogP contribution is 2.25. The van der Waals surface area contributed by atoms with E-state index in [-0.39, 0.29) is 12.2 Å². The Labute approximate surface area is 53.4 Å². The van der Waals surface area contributed by atoms with Gasteiger partial charge in [-0.15, -0.1) is 0 Å². The molecule has 1 saturated carbocycles. The topological polar surface area (TPSA) is 38.3 Å². The first kappa shape index (κ1) is 5.09. The van der Waals surface area contributed by atoms with Crippen LogP contribution in [0.4, 0.5) is 4.79 Å². The Morgan fingerprint density at radius 2 is 2.44 bits per heavy atom. The molecule has 1 aliphatic heterocycles. The van der Waals surface area contributed by atoms with Crippen molar-refractivity contribution in [2.24, 2.45) is 0 Å². The largest absolute Gasteiger partial charge is 0.444 e. The maximum atomic E-state index is 10.5. The Bertz CT molecular complexity index is 132. The highest BCUT2D eigenvalue weighted by molar-refractivity contribution is 5.70. The van der Waals surface area contributed by atoms with Gasteiger partial charge in [-0.2, -0.15) is 0 Å². The number of carbonyl (C=O) groups is 1. The van der Waals surface area contributed by atoms with Crippen molar-refractivity contribution in [2.45, 2.75) is 31.4 Å². The monoisotopic (exact) mass is 127 g/mol. The van der Waals surface area contributed by atoms with Crippen molar-refractivity contribution in [3.05, 3.63) is 0 Å². The molecule has 0 aromatic carbocycles. The van der Waals surface area contributed by atoms with E-state index >= 15 is 0 Å². The standard InChI is InChI=1S/C6H9NO2/c8-6-7-4-2-1-3-5(4)9-6/h4-5H,1-3H2,(H,7,8)/t4-,5-/m1/s1. The average Bonchev–Trinajstić information content (AvgIpc) is 2.22. The number of rotatable bonds is 0. The fraction of sp³-hybridized carbons (Fsp3) is 0.833. The van der Waals surface area contributed by atoms with Crippen molar-refractivity contribution in [3.63, 3.8) is 0 Å². The Hall–Kier alpha value is -0.730. The van der Waals surface area contributed by atoms with Crippen LogP contribution in [0.5, 0.6) is 0 Å². The number of ether oxygens (including phenoxy) is 1. The normalized spacial score (nSPS) is 39.8. The van der Waals surface area contributed by atoms with Crippen LogP contribution in [0.15, 0.2) is 0 Å². The molecular formula is C6H9NO2. The fourth-order valence-corrected chi connectivity index (χ4v) is 1.56. The maximum absolute atomic E-state index is 10.5. The quantitative estimate of drug-likeness (QED) is 0.518. The van der Waals surface area contributed by atoms with E-state index in [2.05, 4.69) is 5.32 Å². The lowest BCUT2D eigenvalue weighted by Crippen LogP contribution is -2.26. The second-order valence-electron chi connectivity index (χ2n) is 2.63. The van der Waals surface area contributed by atoms with E-state index in [9.17, 15) is 4.79 Å². The molecule has 2 rings (SSSR count). The molecule has 0 aromatic rings. The van der Waals surface area contributed by atoms with Gasteiger partial charge in [0.1, 0.15) is 6.10 Å². The van der Waals surface area contributed by atoms with Gasteiger partial charge in [0.2, 0.25) is 0 Å². The van der Waals surface area contributed by atoms with Crippen molar-refractivity contribution in [2.75, 3.05) is 0 Å². The summed E-state index contributed by atoms with van der Waals surface area (Å²) in [5, 5.41) is 2.75. The Morgan fingerprint density at radius 1 is 1.56 bits per heavy atom. The van der Waals surface area contributed by atoms with Gasteiger partial charge in [-0.1, -0.05) is 0 Å². The fourth-order valence-electron chi connectivity index (χ4n) is 1.56. The summed E-state index contributed by atoms with van der Waals surface area (Å²) in [6, 6.07) is 0.331. The zero-order chi connectivity index (χ0) is 6.27. The lowest BCUT2D eigenvalue weighted by atomic mass is 10.2. The van der Waals surface area contributed by atoms with E-state index < -0.39 is 0 Å². The summed E-state index contributed by atoms with van der Waals surface area (Å²) in [4.78, 5) is 10.5. The highest BCUT2D eigenvalue weighted by atomic mass is 16.6. The Morgan fingerprint density at radius 3 is 3.22 bits per heavy atom. The van der Waals surface area contributed by atoms with E-state index in [0.29, 0.717) is 6.04 Å². The van der Waals surface area contributed by atoms with Crippen LogP contribution in [0.2, 0.25) is 0 Å². The van der Waals surface area contributed by atoms with Crippen LogP contribution in [-0.4, -0.2) is 18.2 Å². The molecule has 2 atom stereocenters. The second-order valence-corrected chi connectivity index (χ2v) is 2.63. The molecule has 0 unspecified atom stereocenters. The first-order valence-corrected chi connectivity index (χ1v) is 3.33. The third-order valence-electron chi connectivity index (χ3n) is 2.01. The van der Waals surface area contributed by atoms with Crippen LogP contribution >= 0.6 is 0 Å². The number of amides is 1. The summed E-state index contributed by atoms with van der Waals surface area (Å²) < 4.78 is 4.94. The van der Waals surface area contributed by atoms with Crippen molar-refractivity contribution in [1.82, 2.24) is 5.32 Å². The maximum Gasteiger partial charge on any atom is 0.407 e. The van der Waals surface area contributed by atoms with Gasteiger partial charge in [0.25, 0.3) is 0 Å². The molecule has 0 radical (unpaired) electrons. The molecule has 1 N–H and O–H groups in total. The first-order chi connectivity index (χ1) is 4.36. The molecule has 1 saturated heterocycles. The molecule has 2 aliphatic rings. The third kappa shape index (κ3) is 0.677. The zero-order valence-corrected chi connectivity index (χ0v) is 5.09. The van der Waals surface area contributed by atoms with E-state index in [1.807, 2.05) is 0 Å². The van der Waals surface area contributed by atoms with Crippen molar-refractivity contribution >= 4 is 6.09 Å². The molecule has 50 valence electrons. The number of hydrogen-bond acceptors (Lipinski definition) is 2. The predicted octanol–water partition coefficient (Wildman–Crippen LogP) is 0.647. The molecule has 0 aromatic heterocycles. The number of nitrogens with one attached hydrogen (secondary N) is 1. The van der Waals surface area contributed by atoms with Gasteiger partial charge in [0.05, 0.1) is 6.04 Å². The molecule has 1 amide bonds. The van der Waals surface area contributed by atoms with E-state index in [1.54, 1.807) is 0 Å². The van der Waals surface area contributed by atoms with E-state index in [0.717, 1.165) is 12.8 Å². The van der Waals surface area contributed by atoms with Crippen molar-refractivity contribution in [1.29, 1.82) is 0 Å². The van der Waals surface area contributed by atoms with Crippen molar-refractivity contribution < 1.29 is 9.53 Å². The number of hydrogen-bond donors (Lipinski definition) is 1. The molecule has 3 heteroatoms. The number of carbonyl (C=O) groups excluding carboxylic acids is 1. The zero-order valence-electron chi connectivity index (χ0n) is 5.09. The van der Waals surface area contributed by atoms with Gasteiger partial charge >= 0.3 is 6.09 Å². The van der Waals surface area contributed by atoms with Gasteiger partial charge in [0.15, 0.2) is 0 Å². The van der Waals surface area contributed by atoms with Crippen molar-refractivity contribution in [3.8, 4) is 0 Å². The van der Waals surface area contributed by atoms with Crippen LogP contribution < -0.4 is 5.32 Å². The second kappa shape index (κ2) is 1.62. The molecule has 0 spiro atoms. The average molecular weight is 127 g/mol. The molecule has 1 heterocycles. The minimum atomic E-state index is -0.232. The Kier molecular flexibility index (Phi) is 0.917. The van der Waals surface area contributed by atoms with Crippen LogP contribution in [-0.2, 0) is 4.74 Å². The lowest BCUT2D eigenvalue weighted by molar-refractivity contribution is 0.137. The first-order valence-electron chi connectivity index (χ1n) is 3.33. The summed E-state index contributed by atoms with van der Waals surface area (Å²) in [6.45, 7) is 0. The number of alkyl carbamates (subject to hydrolysis) is 1. The third-order valence-corrected chi connectivity index (χ3v) is 2.01. The van der Waals surface area contributed by atoms with Gasteiger partial charge in [-0.25, -0.2) is 4.79 Å². The van der Waals surface area contributed by atoms with Crippen LogP contribution in [0.25, 0.3) is 0 Å². The summed E-state index contributed by atoms with van der Waals surface area (Å²) in [5.74, 6) is 0. The molecule has 2 fully saturated rings. The lowest BCUT2D eigenvalue weighted by Gasteiger charge is -2.02. The minimum absolute atomic E-state index is 0.192. The van der Waals surface area contributed by atoms with Gasteiger partial charge < -0.3 is 10.1 Å². The van der Waals surface area contributed by atoms with Gasteiger partial charge in [0, 0.05) is 0 Å². The molecule has 3 nitrogen and oxygen atoms in total. The summed E-state index contributed by atoms with van der Waals surface area (Å²) in [7, 11) is 0. The van der Waals surface area contributed by atoms with E-state index in [1.165, 1.54) is 6.42 Å². The van der Waals surface area contributed by atoms with Crippen LogP contribution in [0.3, 0.4) is 0 Å². The smallest absolute Gasteiger partial charge is 0.407 e. The van der Waals surface area contributed by atoms with Gasteiger partial charge in [-0.3, -0.25) is 0 Å². The SMILES string of the molecule is O=C1N[C@@H]2CCC[C@H]2O1. The molecule has 9 heavy (non-hydrogen) atoms. The molecular weight excluding hydrogens is 118 g/mol. The van der Waals surface area contributed by atoms with Gasteiger partial charge in [-0.05, 0) is 19.3 Å². The summed E-state index contributed by atoms with van der Waals surface area (Å²) in [5.41, 5.74) is 0. The highest BCUT2D eigenvalue weighted by Gasteiger charge is 2.37. The summed E-state index contributed by atoms with van der Waals surface area (Å²) >= 11 is 0. The predicted molar refractivity (Wildman–Crippen MR) is 31.0 cm³/mol.